The van der Waals surface area contributed by atoms with Gasteiger partial charge in [-0.15, -0.1) is 11.3 Å². The molecule has 0 aliphatic carbocycles. The van der Waals surface area contributed by atoms with Crippen LogP contribution in [-0.2, 0) is 30.7 Å². The van der Waals surface area contributed by atoms with Crippen LogP contribution in [0.15, 0.2) is 48.5 Å². The van der Waals surface area contributed by atoms with Crippen molar-refractivity contribution in [3.8, 4) is 5.75 Å². The predicted molar refractivity (Wildman–Crippen MR) is 112 cm³/mol. The molecule has 0 unspecified atom stereocenters. The second kappa shape index (κ2) is 8.71. The maximum absolute atomic E-state index is 13.8. The highest BCUT2D eigenvalue weighted by Crippen LogP contribution is 2.29. The van der Waals surface area contributed by atoms with Gasteiger partial charge in [-0.2, -0.15) is 0 Å². The van der Waals surface area contributed by atoms with Crippen molar-refractivity contribution < 1.29 is 13.9 Å². The van der Waals surface area contributed by atoms with Crippen LogP contribution < -0.4 is 10.1 Å². The Labute approximate surface area is 173 Å². The van der Waals surface area contributed by atoms with Gasteiger partial charge >= 0.3 is 0 Å². The van der Waals surface area contributed by atoms with Crippen LogP contribution in [-0.4, -0.2) is 29.4 Å². The molecule has 29 heavy (non-hydrogen) atoms. The third-order valence-electron chi connectivity index (χ3n) is 4.89. The number of fused-ring (bicyclic) bond motifs is 1. The zero-order valence-electron chi connectivity index (χ0n) is 16.2. The van der Waals surface area contributed by atoms with Gasteiger partial charge in [0.25, 0.3) is 0 Å². The number of anilines is 1. The second-order valence-corrected chi connectivity index (χ2v) is 8.11. The van der Waals surface area contributed by atoms with Gasteiger partial charge in [-0.3, -0.25) is 9.69 Å². The number of rotatable bonds is 6. The number of carbonyl (C=O) groups is 1. The molecule has 5 nitrogen and oxygen atoms in total. The summed E-state index contributed by atoms with van der Waals surface area (Å²) in [6.45, 7) is 2.69. The molecule has 150 valence electrons. The highest BCUT2D eigenvalue weighted by molar-refractivity contribution is 7.15. The summed E-state index contributed by atoms with van der Waals surface area (Å²) in [5.74, 6) is -0.510. The maximum atomic E-state index is 13.8. The molecule has 0 bridgehead atoms. The van der Waals surface area contributed by atoms with Crippen LogP contribution in [0, 0.1) is 5.82 Å². The summed E-state index contributed by atoms with van der Waals surface area (Å²) < 4.78 is 18.7. The van der Waals surface area contributed by atoms with Crippen molar-refractivity contribution in [1.82, 2.24) is 9.88 Å². The SMILES string of the molecule is COc1ccc(CC(=O)Nc2nc3c(s2)CN(Cc2ccccc2)CC3)cc1F. The van der Waals surface area contributed by atoms with Crippen LogP contribution in [0.25, 0.3) is 0 Å². The first-order valence-electron chi connectivity index (χ1n) is 9.48. The summed E-state index contributed by atoms with van der Waals surface area (Å²) in [5.41, 5.74) is 2.95. The Morgan fingerprint density at radius 1 is 1.24 bits per heavy atom. The van der Waals surface area contributed by atoms with Gasteiger partial charge in [0.05, 0.1) is 19.2 Å². The van der Waals surface area contributed by atoms with E-state index in [0.29, 0.717) is 10.7 Å². The molecule has 3 aromatic rings. The summed E-state index contributed by atoms with van der Waals surface area (Å²) in [4.78, 5) is 20.5. The van der Waals surface area contributed by atoms with Gasteiger partial charge in [-0.05, 0) is 23.3 Å². The van der Waals surface area contributed by atoms with Crippen LogP contribution in [0.2, 0.25) is 0 Å². The van der Waals surface area contributed by atoms with E-state index < -0.39 is 5.82 Å². The number of methoxy groups -OCH3 is 1. The van der Waals surface area contributed by atoms with E-state index in [9.17, 15) is 9.18 Å². The average molecular weight is 412 g/mol. The first-order chi connectivity index (χ1) is 14.1. The lowest BCUT2D eigenvalue weighted by molar-refractivity contribution is -0.115. The first-order valence-corrected chi connectivity index (χ1v) is 10.3. The quantitative estimate of drug-likeness (QED) is 0.665. The lowest BCUT2D eigenvalue weighted by Gasteiger charge is -2.25. The molecule has 1 aromatic heterocycles. The molecule has 7 heteroatoms. The zero-order chi connectivity index (χ0) is 20.2. The third kappa shape index (κ3) is 4.81. The van der Waals surface area contributed by atoms with Crippen LogP contribution >= 0.6 is 11.3 Å². The molecule has 0 radical (unpaired) electrons. The fourth-order valence-electron chi connectivity index (χ4n) is 3.45. The van der Waals surface area contributed by atoms with Gasteiger partial charge in [0.2, 0.25) is 5.91 Å². The van der Waals surface area contributed by atoms with Gasteiger partial charge < -0.3 is 10.1 Å². The standard InChI is InChI=1S/C22H22FN3O2S/c1-28-19-8-7-16(11-17(19)23)12-21(27)25-22-24-18-9-10-26(14-20(18)29-22)13-15-5-3-2-4-6-15/h2-8,11H,9-10,12-14H2,1H3,(H,24,25,27). The van der Waals surface area contributed by atoms with Crippen molar-refractivity contribution in [2.45, 2.75) is 25.9 Å². The van der Waals surface area contributed by atoms with Gasteiger partial charge in [-0.1, -0.05) is 36.4 Å². The number of benzene rings is 2. The van der Waals surface area contributed by atoms with Crippen molar-refractivity contribution in [2.75, 3.05) is 19.0 Å². The van der Waals surface area contributed by atoms with Gasteiger partial charge in [-0.25, -0.2) is 9.37 Å². The van der Waals surface area contributed by atoms with Gasteiger partial charge in [0.15, 0.2) is 16.7 Å². The Bertz CT molecular complexity index is 1010. The first kappa shape index (κ1) is 19.5. The Hall–Kier alpha value is -2.77. The number of nitrogens with one attached hydrogen (secondary N) is 1. The number of amides is 1. The Kier molecular flexibility index (Phi) is 5.87. The van der Waals surface area contributed by atoms with Crippen LogP contribution in [0.4, 0.5) is 9.52 Å². The fraction of sp³-hybridized carbons (Fsp3) is 0.273. The molecule has 1 aliphatic heterocycles. The predicted octanol–water partition coefficient (Wildman–Crippen LogP) is 4.03. The summed E-state index contributed by atoms with van der Waals surface area (Å²) in [7, 11) is 1.41. The van der Waals surface area contributed by atoms with Crippen molar-refractivity contribution in [1.29, 1.82) is 0 Å². The number of aromatic nitrogens is 1. The molecule has 0 fully saturated rings. The molecule has 0 spiro atoms. The van der Waals surface area contributed by atoms with Gasteiger partial charge in [0, 0.05) is 30.9 Å². The lowest BCUT2D eigenvalue weighted by atomic mass is 10.1. The molecule has 1 aliphatic rings. The maximum Gasteiger partial charge on any atom is 0.230 e. The normalized spacial score (nSPS) is 13.7. The molecule has 1 N–H and O–H groups in total. The number of carbonyl (C=O) groups excluding carboxylic acids is 1. The molecule has 0 atom stereocenters. The Morgan fingerprint density at radius 3 is 2.83 bits per heavy atom. The van der Waals surface area contributed by atoms with E-state index in [0.717, 1.165) is 31.7 Å². The number of ether oxygens (including phenoxy) is 1. The summed E-state index contributed by atoms with van der Waals surface area (Å²) in [5, 5.41) is 3.46. The number of hydrogen-bond donors (Lipinski definition) is 1. The summed E-state index contributed by atoms with van der Waals surface area (Å²) in [6.07, 6.45) is 0.962. The number of nitrogens with zero attached hydrogens (tertiary/aromatic N) is 2. The monoisotopic (exact) mass is 411 g/mol. The summed E-state index contributed by atoms with van der Waals surface area (Å²) in [6, 6.07) is 14.9. The van der Waals surface area contributed by atoms with Crippen molar-refractivity contribution in [2.24, 2.45) is 0 Å². The lowest BCUT2D eigenvalue weighted by Crippen LogP contribution is -2.29. The smallest absolute Gasteiger partial charge is 0.230 e. The fourth-order valence-corrected chi connectivity index (χ4v) is 4.51. The Balaban J connectivity index is 1.36. The van der Waals surface area contributed by atoms with Crippen molar-refractivity contribution in [3.63, 3.8) is 0 Å². The molecular weight excluding hydrogens is 389 g/mol. The minimum Gasteiger partial charge on any atom is -0.494 e. The zero-order valence-corrected chi connectivity index (χ0v) is 17.0. The van der Waals surface area contributed by atoms with Crippen LogP contribution in [0.5, 0.6) is 5.75 Å². The summed E-state index contributed by atoms with van der Waals surface area (Å²) >= 11 is 1.52. The highest BCUT2D eigenvalue weighted by Gasteiger charge is 2.21. The van der Waals surface area contributed by atoms with E-state index in [1.54, 1.807) is 6.07 Å². The molecule has 4 rings (SSSR count). The van der Waals surface area contributed by atoms with Crippen LogP contribution in [0.1, 0.15) is 21.7 Å². The van der Waals surface area contributed by atoms with E-state index in [4.69, 9.17) is 4.74 Å². The number of hydrogen-bond acceptors (Lipinski definition) is 5. The molecule has 0 saturated carbocycles. The van der Waals surface area contributed by atoms with Crippen LogP contribution in [0.3, 0.4) is 0 Å². The van der Waals surface area contributed by atoms with E-state index in [1.165, 1.54) is 41.0 Å². The topological polar surface area (TPSA) is 54.5 Å². The minimum atomic E-state index is -0.471. The number of halogens is 1. The molecule has 2 heterocycles. The van der Waals surface area contributed by atoms with Gasteiger partial charge in [0.1, 0.15) is 0 Å². The van der Waals surface area contributed by atoms with E-state index >= 15 is 0 Å². The highest BCUT2D eigenvalue weighted by atomic mass is 32.1. The molecular formula is C22H22FN3O2S. The van der Waals surface area contributed by atoms with Crippen molar-refractivity contribution >= 4 is 22.4 Å². The molecule has 0 saturated heterocycles. The third-order valence-corrected chi connectivity index (χ3v) is 5.88. The number of thiazole rings is 1. The van der Waals surface area contributed by atoms with E-state index in [-0.39, 0.29) is 18.1 Å². The largest absolute Gasteiger partial charge is 0.494 e. The Morgan fingerprint density at radius 2 is 2.07 bits per heavy atom. The second-order valence-electron chi connectivity index (χ2n) is 7.03. The van der Waals surface area contributed by atoms with E-state index in [2.05, 4.69) is 39.5 Å². The van der Waals surface area contributed by atoms with E-state index in [1.807, 2.05) is 6.07 Å². The molecule has 1 amide bonds. The van der Waals surface area contributed by atoms with Crippen molar-refractivity contribution in [3.05, 3.63) is 76.0 Å². The average Bonchev–Trinajstić information content (AvgIpc) is 3.10. The molecule has 2 aromatic carbocycles. The minimum absolute atomic E-state index is 0.0886.